The summed E-state index contributed by atoms with van der Waals surface area (Å²) in [5, 5.41) is 23.6. The third kappa shape index (κ3) is 3.62. The first-order valence-corrected chi connectivity index (χ1v) is 15.5. The van der Waals surface area contributed by atoms with Gasteiger partial charge in [-0.05, 0) is 101 Å². The second kappa shape index (κ2) is 9.45. The molecule has 0 amide bonds. The summed E-state index contributed by atoms with van der Waals surface area (Å²) >= 11 is 0. The van der Waals surface area contributed by atoms with Crippen molar-refractivity contribution in [1.82, 2.24) is 9.13 Å². The Bertz CT molecular complexity index is 2730. The van der Waals surface area contributed by atoms with Crippen LogP contribution in [0.5, 0.6) is 0 Å². The normalized spacial score (nSPS) is 13.0. The maximum Gasteiger partial charge on any atom is 0.187 e. The molecule has 1 aliphatic carbocycles. The molecule has 5 heteroatoms. The average Bonchev–Trinajstić information content (AvgIpc) is 3.69. The Morgan fingerprint density at radius 2 is 1.15 bits per heavy atom. The molecule has 0 saturated carbocycles. The minimum Gasteiger partial charge on any atom is -0.309 e. The molecular formula is C42H25N5. The monoisotopic (exact) mass is 599 g/mol. The van der Waals surface area contributed by atoms with Gasteiger partial charge >= 0.3 is 0 Å². The fourth-order valence-corrected chi connectivity index (χ4v) is 7.76. The molecule has 0 aliphatic heterocycles. The first kappa shape index (κ1) is 26.8. The zero-order chi connectivity index (χ0) is 32.0. The van der Waals surface area contributed by atoms with Crippen LogP contribution in [0.25, 0.3) is 71.0 Å². The fourth-order valence-electron chi connectivity index (χ4n) is 7.76. The van der Waals surface area contributed by atoms with Crippen molar-refractivity contribution in [3.63, 3.8) is 0 Å². The molecule has 0 unspecified atom stereocenters. The molecule has 0 atom stereocenters. The molecule has 0 N–H and O–H groups in total. The van der Waals surface area contributed by atoms with Crippen molar-refractivity contribution in [1.29, 1.82) is 10.5 Å². The predicted octanol–water partition coefficient (Wildman–Crippen LogP) is 10.5. The van der Waals surface area contributed by atoms with Crippen molar-refractivity contribution in [2.75, 3.05) is 0 Å². The topological polar surface area (TPSA) is 61.8 Å². The second-order valence-electron chi connectivity index (χ2n) is 12.8. The van der Waals surface area contributed by atoms with Gasteiger partial charge in [0.25, 0.3) is 0 Å². The Morgan fingerprint density at radius 3 is 1.81 bits per heavy atom. The van der Waals surface area contributed by atoms with E-state index in [0.29, 0.717) is 16.8 Å². The quantitative estimate of drug-likeness (QED) is 0.186. The maximum atomic E-state index is 9.65. The van der Waals surface area contributed by atoms with Gasteiger partial charge in [-0.3, -0.25) is 0 Å². The summed E-state index contributed by atoms with van der Waals surface area (Å²) in [6.07, 6.45) is 0. The van der Waals surface area contributed by atoms with Crippen molar-refractivity contribution in [2.24, 2.45) is 0 Å². The highest BCUT2D eigenvalue weighted by molar-refractivity contribution is 6.12. The number of fused-ring (bicyclic) bond motifs is 9. The third-order valence-electron chi connectivity index (χ3n) is 9.95. The van der Waals surface area contributed by atoms with Gasteiger partial charge in [0.15, 0.2) is 5.69 Å². The smallest absolute Gasteiger partial charge is 0.187 e. The number of nitrogens with zero attached hydrogens (tertiary/aromatic N) is 5. The summed E-state index contributed by atoms with van der Waals surface area (Å²) in [6, 6.07) is 43.9. The Kier molecular flexibility index (Phi) is 5.38. The van der Waals surface area contributed by atoms with Crippen LogP contribution in [0.1, 0.15) is 36.1 Å². The Balaban J connectivity index is 1.33. The van der Waals surface area contributed by atoms with Crippen LogP contribution in [0.2, 0.25) is 0 Å². The van der Waals surface area contributed by atoms with E-state index in [4.69, 9.17) is 6.57 Å². The van der Waals surface area contributed by atoms with Gasteiger partial charge in [-0.2, -0.15) is 10.5 Å². The molecule has 0 radical (unpaired) electrons. The number of hydrogen-bond acceptors (Lipinski definition) is 2. The molecule has 0 bridgehead atoms. The lowest BCUT2D eigenvalue weighted by Gasteiger charge is -2.21. The molecule has 5 nitrogen and oxygen atoms in total. The van der Waals surface area contributed by atoms with E-state index >= 15 is 0 Å². The highest BCUT2D eigenvalue weighted by atomic mass is 15.0. The van der Waals surface area contributed by atoms with Gasteiger partial charge in [-0.25, -0.2) is 4.85 Å². The Morgan fingerprint density at radius 1 is 0.553 bits per heavy atom. The molecule has 0 saturated heterocycles. The molecule has 8 aromatic rings. The minimum atomic E-state index is -0.185. The SMILES string of the molecule is [C-]#[N+]c1ccc2c(c1)-c1cc3c(cc1C2(C)C)c1ccccc1n3-c1cccc(-n2c3ccc(C#N)cc3c3cc(C#N)ccc32)c1. The zero-order valence-electron chi connectivity index (χ0n) is 25.7. The lowest BCUT2D eigenvalue weighted by Crippen LogP contribution is -2.14. The van der Waals surface area contributed by atoms with Gasteiger partial charge in [0, 0.05) is 38.3 Å². The maximum absolute atomic E-state index is 9.65. The first-order chi connectivity index (χ1) is 22.9. The van der Waals surface area contributed by atoms with Crippen LogP contribution >= 0.6 is 0 Å². The summed E-state index contributed by atoms with van der Waals surface area (Å²) in [7, 11) is 0. The third-order valence-corrected chi connectivity index (χ3v) is 9.95. The van der Waals surface area contributed by atoms with E-state index in [1.54, 1.807) is 0 Å². The highest BCUT2D eigenvalue weighted by Gasteiger charge is 2.36. The molecule has 47 heavy (non-hydrogen) atoms. The van der Waals surface area contributed by atoms with Crippen LogP contribution < -0.4 is 0 Å². The molecule has 6 aromatic carbocycles. The Labute approximate surface area is 271 Å². The first-order valence-electron chi connectivity index (χ1n) is 15.5. The number of nitriles is 2. The number of hydrogen-bond donors (Lipinski definition) is 0. The van der Waals surface area contributed by atoms with Gasteiger partial charge in [0.05, 0.1) is 51.9 Å². The van der Waals surface area contributed by atoms with Crippen molar-refractivity contribution in [2.45, 2.75) is 19.3 Å². The van der Waals surface area contributed by atoms with Crippen LogP contribution in [0.3, 0.4) is 0 Å². The van der Waals surface area contributed by atoms with Crippen LogP contribution in [0, 0.1) is 29.2 Å². The fraction of sp³-hybridized carbons (Fsp3) is 0.0714. The van der Waals surface area contributed by atoms with Crippen LogP contribution in [0.15, 0.2) is 115 Å². The van der Waals surface area contributed by atoms with E-state index in [2.05, 4.69) is 107 Å². The van der Waals surface area contributed by atoms with E-state index in [-0.39, 0.29) is 5.41 Å². The average molecular weight is 600 g/mol. The highest BCUT2D eigenvalue weighted by Crippen LogP contribution is 2.52. The van der Waals surface area contributed by atoms with E-state index in [1.165, 1.54) is 27.5 Å². The van der Waals surface area contributed by atoms with E-state index < -0.39 is 0 Å². The minimum absolute atomic E-state index is 0.185. The second-order valence-corrected chi connectivity index (χ2v) is 12.8. The van der Waals surface area contributed by atoms with E-state index in [9.17, 15) is 10.5 Å². The predicted molar refractivity (Wildman–Crippen MR) is 188 cm³/mol. The van der Waals surface area contributed by atoms with Gasteiger partial charge in [0.2, 0.25) is 0 Å². The lowest BCUT2D eigenvalue weighted by molar-refractivity contribution is 0.661. The number of para-hydroxylation sites is 1. The molecule has 0 spiro atoms. The van der Waals surface area contributed by atoms with Gasteiger partial charge in [-0.15, -0.1) is 0 Å². The van der Waals surface area contributed by atoms with Gasteiger partial charge in [-0.1, -0.05) is 50.2 Å². The number of benzene rings is 6. The largest absolute Gasteiger partial charge is 0.309 e. The van der Waals surface area contributed by atoms with Crippen molar-refractivity contribution < 1.29 is 0 Å². The van der Waals surface area contributed by atoms with Crippen molar-refractivity contribution >= 4 is 49.3 Å². The van der Waals surface area contributed by atoms with Crippen molar-refractivity contribution in [3.05, 3.63) is 149 Å². The van der Waals surface area contributed by atoms with Gasteiger partial charge in [0.1, 0.15) is 0 Å². The summed E-state index contributed by atoms with van der Waals surface area (Å²) in [5.41, 5.74) is 12.6. The zero-order valence-corrected chi connectivity index (χ0v) is 25.7. The summed E-state index contributed by atoms with van der Waals surface area (Å²) in [5.74, 6) is 0. The summed E-state index contributed by atoms with van der Waals surface area (Å²) in [4.78, 5) is 3.74. The molecule has 2 aromatic heterocycles. The van der Waals surface area contributed by atoms with Crippen LogP contribution in [-0.4, -0.2) is 9.13 Å². The van der Waals surface area contributed by atoms with E-state index in [0.717, 1.165) is 49.8 Å². The molecule has 0 fully saturated rings. The molecule has 2 heterocycles. The van der Waals surface area contributed by atoms with Gasteiger partial charge < -0.3 is 9.13 Å². The van der Waals surface area contributed by atoms with Crippen LogP contribution in [0.4, 0.5) is 5.69 Å². The van der Waals surface area contributed by atoms with Crippen LogP contribution in [-0.2, 0) is 5.41 Å². The molecule has 218 valence electrons. The standard InChI is InChI=1S/C42H25N5/c1-42(2)36-14-13-27(45-3)19-31(36)32-22-41-35(21-37(32)42)30-9-4-5-10-38(30)47(41)29-8-6-7-28(20-29)46-39-15-11-25(23-43)17-33(39)34-18-26(24-44)12-16-40(34)46/h4-22H,1-2H3. The van der Waals surface area contributed by atoms with E-state index in [1.807, 2.05) is 48.5 Å². The lowest BCUT2D eigenvalue weighted by atomic mass is 9.82. The summed E-state index contributed by atoms with van der Waals surface area (Å²) < 4.78 is 4.56. The molecule has 1 aliphatic rings. The number of aromatic nitrogens is 2. The Hall–Kier alpha value is -6.61. The molecule has 9 rings (SSSR count). The number of rotatable bonds is 2. The summed E-state index contributed by atoms with van der Waals surface area (Å²) in [6.45, 7) is 12.2. The van der Waals surface area contributed by atoms with Crippen molar-refractivity contribution in [3.8, 4) is 34.6 Å². The molecular weight excluding hydrogens is 574 g/mol.